The van der Waals surface area contributed by atoms with E-state index in [1.807, 2.05) is 32.0 Å². The van der Waals surface area contributed by atoms with Gasteiger partial charge in [-0.15, -0.1) is 0 Å². The highest BCUT2D eigenvalue weighted by atomic mass is 19.4. The number of nitrogens with two attached hydrogens (primary N) is 1. The fraction of sp³-hybridized carbons (Fsp3) is 0.231. The average Bonchev–Trinajstić information content (AvgIpc) is 2.32. The fourth-order valence-corrected chi connectivity index (χ4v) is 1.67. The number of benzene rings is 1. The number of anilines is 3. The summed E-state index contributed by atoms with van der Waals surface area (Å²) in [7, 11) is 0. The molecule has 0 atom stereocenters. The topological polar surface area (TPSA) is 63.8 Å². The summed E-state index contributed by atoms with van der Waals surface area (Å²) in [5.74, 6) is -1.48. The molecule has 0 saturated heterocycles. The SMILES string of the molecule is Cc1ccc(C)c(Nc2cc(N)nc(C(F)(F)F)n2)c1. The summed E-state index contributed by atoms with van der Waals surface area (Å²) in [4.78, 5) is 6.63. The molecule has 2 rings (SSSR count). The third kappa shape index (κ3) is 3.17. The van der Waals surface area contributed by atoms with Crippen LogP contribution in [-0.2, 0) is 6.18 Å². The molecular formula is C13H13F3N4. The Balaban J connectivity index is 2.39. The van der Waals surface area contributed by atoms with Crippen LogP contribution in [0.3, 0.4) is 0 Å². The summed E-state index contributed by atoms with van der Waals surface area (Å²) in [5.41, 5.74) is 7.94. The summed E-state index contributed by atoms with van der Waals surface area (Å²) < 4.78 is 37.9. The van der Waals surface area contributed by atoms with Crippen molar-refractivity contribution in [1.29, 1.82) is 0 Å². The monoisotopic (exact) mass is 282 g/mol. The average molecular weight is 282 g/mol. The number of nitrogens with one attached hydrogen (secondary N) is 1. The number of halogens is 3. The van der Waals surface area contributed by atoms with E-state index in [-0.39, 0.29) is 11.6 Å². The van der Waals surface area contributed by atoms with Gasteiger partial charge in [0.05, 0.1) is 0 Å². The largest absolute Gasteiger partial charge is 0.451 e. The van der Waals surface area contributed by atoms with Crippen molar-refractivity contribution >= 4 is 17.3 Å². The van der Waals surface area contributed by atoms with Gasteiger partial charge in [-0.3, -0.25) is 0 Å². The van der Waals surface area contributed by atoms with E-state index < -0.39 is 12.0 Å². The lowest BCUT2D eigenvalue weighted by Gasteiger charge is -2.12. The second-order valence-corrected chi connectivity index (χ2v) is 4.44. The molecule has 4 nitrogen and oxygen atoms in total. The molecule has 0 saturated carbocycles. The van der Waals surface area contributed by atoms with Crippen molar-refractivity contribution in [3.63, 3.8) is 0 Å². The van der Waals surface area contributed by atoms with E-state index in [0.717, 1.165) is 11.1 Å². The van der Waals surface area contributed by atoms with E-state index >= 15 is 0 Å². The molecule has 0 amide bonds. The molecule has 0 radical (unpaired) electrons. The summed E-state index contributed by atoms with van der Waals surface area (Å²) in [6, 6.07) is 6.86. The quantitative estimate of drug-likeness (QED) is 0.885. The fourth-order valence-electron chi connectivity index (χ4n) is 1.67. The third-order valence-corrected chi connectivity index (χ3v) is 2.66. The molecule has 3 N–H and O–H groups in total. The van der Waals surface area contributed by atoms with Gasteiger partial charge in [0.25, 0.3) is 0 Å². The minimum absolute atomic E-state index is 0.0125. The highest BCUT2D eigenvalue weighted by Crippen LogP contribution is 2.29. The molecule has 0 bridgehead atoms. The Hall–Kier alpha value is -2.31. The lowest BCUT2D eigenvalue weighted by Crippen LogP contribution is -2.13. The minimum atomic E-state index is -4.63. The second-order valence-electron chi connectivity index (χ2n) is 4.44. The van der Waals surface area contributed by atoms with E-state index in [2.05, 4.69) is 15.3 Å². The van der Waals surface area contributed by atoms with Crippen LogP contribution in [0.2, 0.25) is 0 Å². The maximum absolute atomic E-state index is 12.6. The lowest BCUT2D eigenvalue weighted by atomic mass is 10.1. The van der Waals surface area contributed by atoms with Crippen LogP contribution in [0.25, 0.3) is 0 Å². The van der Waals surface area contributed by atoms with Crippen molar-refractivity contribution in [3.8, 4) is 0 Å². The first-order chi connectivity index (χ1) is 9.25. The Morgan fingerprint density at radius 2 is 1.80 bits per heavy atom. The zero-order chi connectivity index (χ0) is 14.9. The van der Waals surface area contributed by atoms with Crippen LogP contribution in [0.4, 0.5) is 30.5 Å². The molecule has 1 heterocycles. The summed E-state index contributed by atoms with van der Waals surface area (Å²) in [6.45, 7) is 3.73. The molecule has 0 unspecified atom stereocenters. The molecule has 106 valence electrons. The van der Waals surface area contributed by atoms with Gasteiger partial charge in [-0.1, -0.05) is 12.1 Å². The Morgan fingerprint density at radius 3 is 2.45 bits per heavy atom. The van der Waals surface area contributed by atoms with Crippen LogP contribution in [0.1, 0.15) is 17.0 Å². The van der Waals surface area contributed by atoms with Crippen molar-refractivity contribution in [3.05, 3.63) is 41.2 Å². The van der Waals surface area contributed by atoms with E-state index in [4.69, 9.17) is 5.73 Å². The van der Waals surface area contributed by atoms with Crippen molar-refractivity contribution < 1.29 is 13.2 Å². The Labute approximate surface area is 113 Å². The Bertz CT molecular complexity index is 638. The molecule has 0 aliphatic carbocycles. The van der Waals surface area contributed by atoms with Crippen LogP contribution < -0.4 is 11.1 Å². The lowest BCUT2D eigenvalue weighted by molar-refractivity contribution is -0.144. The van der Waals surface area contributed by atoms with Crippen LogP contribution in [-0.4, -0.2) is 9.97 Å². The van der Waals surface area contributed by atoms with Gasteiger partial charge in [0.15, 0.2) is 0 Å². The number of rotatable bonds is 2. The van der Waals surface area contributed by atoms with Crippen LogP contribution >= 0.6 is 0 Å². The maximum Gasteiger partial charge on any atom is 0.451 e. The molecule has 2 aromatic rings. The third-order valence-electron chi connectivity index (χ3n) is 2.66. The molecule has 0 spiro atoms. The highest BCUT2D eigenvalue weighted by molar-refractivity contribution is 5.62. The normalized spacial score (nSPS) is 11.4. The summed E-state index contributed by atoms with van der Waals surface area (Å²) in [5, 5.41) is 2.84. The number of alkyl halides is 3. The summed E-state index contributed by atoms with van der Waals surface area (Å²) >= 11 is 0. The molecule has 0 aliphatic rings. The van der Waals surface area contributed by atoms with Gasteiger partial charge < -0.3 is 11.1 Å². The predicted octanol–water partition coefficient (Wildman–Crippen LogP) is 3.44. The molecule has 0 aliphatic heterocycles. The number of nitrogen functional groups attached to an aromatic ring is 1. The van der Waals surface area contributed by atoms with Crippen LogP contribution in [0.5, 0.6) is 0 Å². The van der Waals surface area contributed by atoms with E-state index in [9.17, 15) is 13.2 Å². The first-order valence-electron chi connectivity index (χ1n) is 5.82. The zero-order valence-corrected chi connectivity index (χ0v) is 10.9. The first-order valence-corrected chi connectivity index (χ1v) is 5.82. The van der Waals surface area contributed by atoms with E-state index in [1.54, 1.807) is 0 Å². The van der Waals surface area contributed by atoms with E-state index in [0.29, 0.717) is 5.69 Å². The molecule has 1 aromatic carbocycles. The van der Waals surface area contributed by atoms with Gasteiger partial charge >= 0.3 is 6.18 Å². The number of hydrogen-bond donors (Lipinski definition) is 2. The van der Waals surface area contributed by atoms with Gasteiger partial charge in [-0.25, -0.2) is 9.97 Å². The van der Waals surface area contributed by atoms with Gasteiger partial charge in [-0.2, -0.15) is 13.2 Å². The number of nitrogens with zero attached hydrogens (tertiary/aromatic N) is 2. The first kappa shape index (κ1) is 14.1. The van der Waals surface area contributed by atoms with Crippen molar-refractivity contribution in [1.82, 2.24) is 9.97 Å². The second kappa shape index (κ2) is 4.99. The smallest absolute Gasteiger partial charge is 0.384 e. The summed E-state index contributed by atoms with van der Waals surface area (Å²) in [6.07, 6.45) is -4.63. The zero-order valence-electron chi connectivity index (χ0n) is 10.9. The molecule has 7 heteroatoms. The van der Waals surface area contributed by atoms with Crippen molar-refractivity contribution in [2.45, 2.75) is 20.0 Å². The molecule has 1 aromatic heterocycles. The van der Waals surface area contributed by atoms with E-state index in [1.165, 1.54) is 6.07 Å². The predicted molar refractivity (Wildman–Crippen MR) is 70.6 cm³/mol. The van der Waals surface area contributed by atoms with Gasteiger partial charge in [-0.05, 0) is 31.0 Å². The van der Waals surface area contributed by atoms with Gasteiger partial charge in [0.2, 0.25) is 5.82 Å². The molecular weight excluding hydrogens is 269 g/mol. The van der Waals surface area contributed by atoms with Gasteiger partial charge in [0.1, 0.15) is 11.6 Å². The number of aromatic nitrogens is 2. The maximum atomic E-state index is 12.6. The van der Waals surface area contributed by atoms with Crippen LogP contribution in [0, 0.1) is 13.8 Å². The number of hydrogen-bond acceptors (Lipinski definition) is 4. The Kier molecular flexibility index (Phi) is 3.52. The molecule has 20 heavy (non-hydrogen) atoms. The highest BCUT2D eigenvalue weighted by Gasteiger charge is 2.35. The minimum Gasteiger partial charge on any atom is -0.384 e. The Morgan fingerprint density at radius 1 is 1.10 bits per heavy atom. The van der Waals surface area contributed by atoms with Crippen molar-refractivity contribution in [2.75, 3.05) is 11.1 Å². The van der Waals surface area contributed by atoms with Crippen LogP contribution in [0.15, 0.2) is 24.3 Å². The standard InChI is InChI=1S/C13H13F3N4/c1-7-3-4-8(2)9(5-7)18-11-6-10(17)19-12(20-11)13(14,15)16/h3-6H,1-2H3,(H3,17,18,19,20). The number of aryl methyl sites for hydroxylation is 2. The van der Waals surface area contributed by atoms with Gasteiger partial charge in [0, 0.05) is 11.8 Å². The molecule has 0 fully saturated rings. The van der Waals surface area contributed by atoms with Crippen molar-refractivity contribution in [2.24, 2.45) is 0 Å².